The molecule has 0 bridgehead atoms. The molecule has 1 saturated carbocycles. The lowest BCUT2D eigenvalue weighted by molar-refractivity contribution is -0.146. The standard InChI is InChI=1S/C17H25NO4S/c1-18(12-14-6-4-3-5-7-14)23(20,21)13-15-8-10-16(11-9-15)17(19)22-2/h3-7,15-16H,8-13H2,1-2H3. The molecule has 0 aliphatic heterocycles. The van der Waals surface area contributed by atoms with Crippen LogP contribution in [0.25, 0.3) is 0 Å². The van der Waals surface area contributed by atoms with E-state index in [9.17, 15) is 13.2 Å². The fourth-order valence-corrected chi connectivity index (χ4v) is 4.62. The minimum Gasteiger partial charge on any atom is -0.469 e. The van der Waals surface area contributed by atoms with Gasteiger partial charge >= 0.3 is 5.97 Å². The molecule has 1 aliphatic rings. The van der Waals surface area contributed by atoms with Crippen LogP contribution < -0.4 is 0 Å². The van der Waals surface area contributed by atoms with Crippen molar-refractivity contribution in [2.24, 2.45) is 11.8 Å². The van der Waals surface area contributed by atoms with Gasteiger partial charge < -0.3 is 4.74 Å². The molecule has 0 atom stereocenters. The van der Waals surface area contributed by atoms with E-state index in [-0.39, 0.29) is 23.6 Å². The summed E-state index contributed by atoms with van der Waals surface area (Å²) >= 11 is 0. The van der Waals surface area contributed by atoms with Crippen LogP contribution in [0, 0.1) is 11.8 Å². The van der Waals surface area contributed by atoms with Gasteiger partial charge in [0.1, 0.15) is 0 Å². The fourth-order valence-electron chi connectivity index (χ4n) is 3.10. The van der Waals surface area contributed by atoms with Gasteiger partial charge in [-0.2, -0.15) is 0 Å². The number of methoxy groups -OCH3 is 1. The van der Waals surface area contributed by atoms with Crippen LogP contribution in [-0.4, -0.2) is 38.6 Å². The van der Waals surface area contributed by atoms with Crippen molar-refractivity contribution >= 4 is 16.0 Å². The first kappa shape index (κ1) is 17.9. The van der Waals surface area contributed by atoms with Crippen molar-refractivity contribution in [3.63, 3.8) is 0 Å². The Hall–Kier alpha value is -1.40. The second-order valence-corrected chi connectivity index (χ2v) is 8.38. The van der Waals surface area contributed by atoms with E-state index in [0.717, 1.165) is 31.2 Å². The van der Waals surface area contributed by atoms with Crippen LogP contribution in [-0.2, 0) is 26.1 Å². The summed E-state index contributed by atoms with van der Waals surface area (Å²) in [6, 6.07) is 9.58. The minimum absolute atomic E-state index is 0.0685. The van der Waals surface area contributed by atoms with Crippen molar-refractivity contribution in [1.29, 1.82) is 0 Å². The number of hydrogen-bond donors (Lipinski definition) is 0. The Bertz CT molecular complexity index is 607. The van der Waals surface area contributed by atoms with E-state index < -0.39 is 10.0 Å². The minimum atomic E-state index is -3.28. The number of sulfonamides is 1. The number of hydrogen-bond acceptors (Lipinski definition) is 4. The molecular weight excluding hydrogens is 314 g/mol. The summed E-state index contributed by atoms with van der Waals surface area (Å²) in [5.74, 6) is 0.0390. The van der Waals surface area contributed by atoms with Crippen molar-refractivity contribution in [2.75, 3.05) is 19.9 Å². The van der Waals surface area contributed by atoms with Crippen LogP contribution in [0.4, 0.5) is 0 Å². The highest BCUT2D eigenvalue weighted by molar-refractivity contribution is 7.89. The maximum atomic E-state index is 12.5. The van der Waals surface area contributed by atoms with Crippen molar-refractivity contribution in [1.82, 2.24) is 4.31 Å². The fraction of sp³-hybridized carbons (Fsp3) is 0.588. The van der Waals surface area contributed by atoms with E-state index in [1.165, 1.54) is 11.4 Å². The van der Waals surface area contributed by atoms with Crippen molar-refractivity contribution in [2.45, 2.75) is 32.2 Å². The van der Waals surface area contributed by atoms with Gasteiger partial charge in [0.05, 0.1) is 18.8 Å². The Balaban J connectivity index is 1.88. The lowest BCUT2D eigenvalue weighted by atomic mass is 9.83. The second kappa shape index (κ2) is 7.93. The average molecular weight is 339 g/mol. The van der Waals surface area contributed by atoms with Gasteiger partial charge in [0, 0.05) is 13.6 Å². The predicted octanol–water partition coefficient (Wildman–Crippen LogP) is 2.43. The van der Waals surface area contributed by atoms with Crippen LogP contribution in [0.15, 0.2) is 30.3 Å². The van der Waals surface area contributed by atoms with E-state index in [2.05, 4.69) is 0 Å². The highest BCUT2D eigenvalue weighted by Crippen LogP contribution is 2.31. The van der Waals surface area contributed by atoms with Crippen LogP contribution >= 0.6 is 0 Å². The van der Waals surface area contributed by atoms with Gasteiger partial charge in [0.15, 0.2) is 0 Å². The summed E-state index contributed by atoms with van der Waals surface area (Å²) in [5.41, 5.74) is 0.980. The van der Waals surface area contributed by atoms with Gasteiger partial charge in [-0.1, -0.05) is 30.3 Å². The Labute approximate surface area is 138 Å². The van der Waals surface area contributed by atoms with Gasteiger partial charge in [-0.25, -0.2) is 12.7 Å². The molecule has 23 heavy (non-hydrogen) atoms. The summed E-state index contributed by atoms with van der Waals surface area (Å²) < 4.78 is 31.2. The van der Waals surface area contributed by atoms with Gasteiger partial charge in [0.2, 0.25) is 10.0 Å². The first-order chi connectivity index (χ1) is 10.9. The molecule has 0 N–H and O–H groups in total. The second-order valence-electron chi connectivity index (χ2n) is 6.26. The van der Waals surface area contributed by atoms with Crippen LogP contribution in [0.1, 0.15) is 31.2 Å². The maximum absolute atomic E-state index is 12.5. The van der Waals surface area contributed by atoms with Crippen molar-refractivity contribution in [3.8, 4) is 0 Å². The van der Waals surface area contributed by atoms with Crippen LogP contribution in [0.3, 0.4) is 0 Å². The SMILES string of the molecule is COC(=O)C1CCC(CS(=O)(=O)N(C)Cc2ccccc2)CC1. The molecule has 0 amide bonds. The molecule has 1 aromatic rings. The van der Waals surface area contributed by atoms with E-state index in [0.29, 0.717) is 6.54 Å². The maximum Gasteiger partial charge on any atom is 0.308 e. The number of benzene rings is 1. The monoisotopic (exact) mass is 339 g/mol. The number of carbonyl (C=O) groups excluding carboxylic acids is 1. The predicted molar refractivity (Wildman–Crippen MR) is 89.2 cm³/mol. The molecule has 0 saturated heterocycles. The molecule has 1 fully saturated rings. The Morgan fingerprint density at radius 3 is 2.35 bits per heavy atom. The van der Waals surface area contributed by atoms with Crippen LogP contribution in [0.5, 0.6) is 0 Å². The molecule has 0 spiro atoms. The van der Waals surface area contributed by atoms with E-state index in [1.807, 2.05) is 30.3 Å². The molecule has 0 aromatic heterocycles. The molecule has 0 unspecified atom stereocenters. The smallest absolute Gasteiger partial charge is 0.308 e. The third-order valence-corrected chi connectivity index (χ3v) is 6.52. The third-order valence-electron chi connectivity index (χ3n) is 4.55. The summed E-state index contributed by atoms with van der Waals surface area (Å²) in [7, 11) is -0.257. The zero-order valence-corrected chi connectivity index (χ0v) is 14.6. The molecule has 0 heterocycles. The van der Waals surface area contributed by atoms with Crippen molar-refractivity contribution in [3.05, 3.63) is 35.9 Å². The summed E-state index contributed by atoms with van der Waals surface area (Å²) in [6.07, 6.45) is 2.96. The summed E-state index contributed by atoms with van der Waals surface area (Å²) in [6.45, 7) is 0.390. The molecule has 5 nitrogen and oxygen atoms in total. The molecule has 2 rings (SSSR count). The Morgan fingerprint density at radius 2 is 1.78 bits per heavy atom. The molecule has 1 aliphatic carbocycles. The highest BCUT2D eigenvalue weighted by Gasteiger charge is 2.30. The molecule has 6 heteroatoms. The normalized spacial score (nSPS) is 22.0. The van der Waals surface area contributed by atoms with E-state index in [1.54, 1.807) is 7.05 Å². The molecule has 1 aromatic carbocycles. The number of nitrogens with zero attached hydrogens (tertiary/aromatic N) is 1. The molecular formula is C17H25NO4S. The highest BCUT2D eigenvalue weighted by atomic mass is 32.2. The van der Waals surface area contributed by atoms with Crippen molar-refractivity contribution < 1.29 is 17.9 Å². The molecule has 0 radical (unpaired) electrons. The lowest BCUT2D eigenvalue weighted by Gasteiger charge is -2.28. The Morgan fingerprint density at radius 1 is 1.17 bits per heavy atom. The van der Waals surface area contributed by atoms with Crippen LogP contribution in [0.2, 0.25) is 0 Å². The number of rotatable bonds is 6. The molecule has 128 valence electrons. The van der Waals surface area contributed by atoms with Gasteiger partial charge in [-0.3, -0.25) is 4.79 Å². The van der Waals surface area contributed by atoms with Gasteiger partial charge in [0.25, 0.3) is 0 Å². The first-order valence-electron chi connectivity index (χ1n) is 7.98. The third kappa shape index (κ3) is 5.04. The zero-order valence-electron chi connectivity index (χ0n) is 13.8. The summed E-state index contributed by atoms with van der Waals surface area (Å²) in [4.78, 5) is 11.5. The average Bonchev–Trinajstić information content (AvgIpc) is 2.55. The van der Waals surface area contributed by atoms with E-state index >= 15 is 0 Å². The Kier molecular flexibility index (Phi) is 6.18. The summed E-state index contributed by atoms with van der Waals surface area (Å²) in [5, 5.41) is 0. The van der Waals surface area contributed by atoms with Gasteiger partial charge in [-0.15, -0.1) is 0 Å². The largest absolute Gasteiger partial charge is 0.469 e. The zero-order chi connectivity index (χ0) is 16.9. The lowest BCUT2D eigenvalue weighted by Crippen LogP contribution is -2.33. The number of carbonyl (C=O) groups is 1. The number of ether oxygens (including phenoxy) is 1. The first-order valence-corrected chi connectivity index (χ1v) is 9.59. The number of esters is 1. The van der Waals surface area contributed by atoms with Gasteiger partial charge in [-0.05, 0) is 37.2 Å². The van der Waals surface area contributed by atoms with E-state index in [4.69, 9.17) is 4.74 Å². The topological polar surface area (TPSA) is 63.7 Å². The quantitative estimate of drug-likeness (QED) is 0.747.